The molecule has 0 bridgehead atoms. The minimum absolute atomic E-state index is 0.284. The van der Waals surface area contributed by atoms with E-state index in [2.05, 4.69) is 30.7 Å². The van der Waals surface area contributed by atoms with Gasteiger partial charge in [0.05, 0.1) is 12.2 Å². The molecular weight excluding hydrogens is 390 g/mol. The summed E-state index contributed by atoms with van der Waals surface area (Å²) in [6, 6.07) is 10.1. The van der Waals surface area contributed by atoms with Crippen molar-refractivity contribution in [2.24, 2.45) is 0 Å². The van der Waals surface area contributed by atoms with Gasteiger partial charge >= 0.3 is 6.09 Å². The second-order valence-electron chi connectivity index (χ2n) is 8.74. The molecule has 1 amide bonds. The van der Waals surface area contributed by atoms with E-state index in [9.17, 15) is 4.79 Å². The summed E-state index contributed by atoms with van der Waals surface area (Å²) in [6.45, 7) is 7.72. The number of piperidine rings is 1. The van der Waals surface area contributed by atoms with Crippen LogP contribution in [0.3, 0.4) is 0 Å². The highest BCUT2D eigenvalue weighted by molar-refractivity contribution is 5.69. The summed E-state index contributed by atoms with van der Waals surface area (Å²) < 4.78 is 5.57. The Hall–Kier alpha value is -2.83. The van der Waals surface area contributed by atoms with Crippen molar-refractivity contribution < 1.29 is 9.53 Å². The van der Waals surface area contributed by atoms with E-state index in [4.69, 9.17) is 14.7 Å². The van der Waals surface area contributed by atoms with Gasteiger partial charge in [0.1, 0.15) is 12.4 Å². The second kappa shape index (κ2) is 9.54. The maximum absolute atomic E-state index is 12.8. The van der Waals surface area contributed by atoms with Crippen LogP contribution in [-0.2, 0) is 24.3 Å². The van der Waals surface area contributed by atoms with Gasteiger partial charge in [-0.1, -0.05) is 30.3 Å². The summed E-state index contributed by atoms with van der Waals surface area (Å²) in [5.74, 6) is 1.77. The number of carbonyl (C=O) groups is 1. The van der Waals surface area contributed by atoms with Gasteiger partial charge in [0, 0.05) is 44.7 Å². The first-order valence-corrected chi connectivity index (χ1v) is 11.4. The number of ether oxygens (including phenoxy) is 1. The number of benzene rings is 1. The molecule has 1 saturated heterocycles. The summed E-state index contributed by atoms with van der Waals surface area (Å²) in [7, 11) is 2.07. The van der Waals surface area contributed by atoms with Gasteiger partial charge < -0.3 is 19.4 Å². The number of hydrogen-bond acceptors (Lipinski definition) is 6. The zero-order chi connectivity index (χ0) is 21.8. The van der Waals surface area contributed by atoms with Crippen molar-refractivity contribution >= 4 is 17.9 Å². The van der Waals surface area contributed by atoms with Crippen LogP contribution in [0, 0.1) is 0 Å². The van der Waals surface area contributed by atoms with Crippen LogP contribution in [0.4, 0.5) is 16.6 Å². The Bertz CT molecular complexity index is 896. The number of rotatable bonds is 5. The largest absolute Gasteiger partial charge is 0.445 e. The number of hydrogen-bond donors (Lipinski definition) is 0. The van der Waals surface area contributed by atoms with E-state index in [0.717, 1.165) is 48.1 Å². The summed E-state index contributed by atoms with van der Waals surface area (Å²) in [5.41, 5.74) is 3.09. The molecule has 4 rings (SSSR count). The van der Waals surface area contributed by atoms with Crippen LogP contribution in [0.2, 0.25) is 0 Å². The van der Waals surface area contributed by atoms with Crippen LogP contribution in [0.25, 0.3) is 0 Å². The van der Waals surface area contributed by atoms with Crippen LogP contribution >= 0.6 is 0 Å². The maximum Gasteiger partial charge on any atom is 0.410 e. The fourth-order valence-electron chi connectivity index (χ4n) is 4.12. The van der Waals surface area contributed by atoms with E-state index in [1.807, 2.05) is 30.3 Å². The molecule has 0 unspecified atom stereocenters. The van der Waals surface area contributed by atoms with Crippen LogP contribution in [0.1, 0.15) is 49.9 Å². The Morgan fingerprint density at radius 2 is 1.84 bits per heavy atom. The monoisotopic (exact) mass is 423 g/mol. The molecule has 7 heteroatoms. The van der Waals surface area contributed by atoms with Gasteiger partial charge in [0.25, 0.3) is 0 Å². The molecule has 2 aliphatic heterocycles. The summed E-state index contributed by atoms with van der Waals surface area (Å²) in [6.07, 6.45) is 4.10. The number of amides is 1. The van der Waals surface area contributed by atoms with E-state index in [-0.39, 0.29) is 12.7 Å². The number of anilines is 2. The van der Waals surface area contributed by atoms with Gasteiger partial charge in [-0.15, -0.1) is 0 Å². The van der Waals surface area contributed by atoms with Crippen molar-refractivity contribution in [2.75, 3.05) is 36.5 Å². The van der Waals surface area contributed by atoms with E-state index in [1.54, 1.807) is 4.90 Å². The van der Waals surface area contributed by atoms with Crippen LogP contribution in [0.15, 0.2) is 30.3 Å². The van der Waals surface area contributed by atoms with E-state index >= 15 is 0 Å². The number of fused-ring (bicyclic) bond motifs is 1. The normalized spacial score (nSPS) is 16.3. The molecular formula is C24H33N5O2. The van der Waals surface area contributed by atoms with Crippen molar-refractivity contribution in [1.29, 1.82) is 0 Å². The fraction of sp³-hybridized carbons (Fsp3) is 0.542. The van der Waals surface area contributed by atoms with Crippen LogP contribution < -0.4 is 9.80 Å². The molecule has 1 fully saturated rings. The zero-order valence-electron chi connectivity index (χ0n) is 18.9. The summed E-state index contributed by atoms with van der Waals surface area (Å²) >= 11 is 0. The lowest BCUT2D eigenvalue weighted by atomic mass is 10.1. The van der Waals surface area contributed by atoms with Crippen molar-refractivity contribution in [3.8, 4) is 0 Å². The Balaban J connectivity index is 1.54. The van der Waals surface area contributed by atoms with E-state index < -0.39 is 0 Å². The van der Waals surface area contributed by atoms with Gasteiger partial charge in [0.15, 0.2) is 0 Å². The van der Waals surface area contributed by atoms with Crippen molar-refractivity contribution in [1.82, 2.24) is 14.9 Å². The molecule has 0 aliphatic carbocycles. The van der Waals surface area contributed by atoms with Crippen molar-refractivity contribution in [2.45, 2.75) is 58.7 Å². The molecule has 2 aliphatic rings. The van der Waals surface area contributed by atoms with Gasteiger partial charge in [-0.05, 0) is 38.7 Å². The lowest BCUT2D eigenvalue weighted by Crippen LogP contribution is -2.40. The van der Waals surface area contributed by atoms with Crippen molar-refractivity contribution in [3.05, 3.63) is 47.2 Å². The molecule has 1 aromatic heterocycles. The lowest BCUT2D eigenvalue weighted by Gasteiger charge is -2.34. The molecule has 0 atom stereocenters. The number of aromatic nitrogens is 2. The Morgan fingerprint density at radius 1 is 1.10 bits per heavy atom. The van der Waals surface area contributed by atoms with Crippen molar-refractivity contribution in [3.63, 3.8) is 0 Å². The summed E-state index contributed by atoms with van der Waals surface area (Å²) in [4.78, 5) is 28.9. The minimum Gasteiger partial charge on any atom is -0.445 e. The quantitative estimate of drug-likeness (QED) is 0.724. The smallest absolute Gasteiger partial charge is 0.410 e. The Kier molecular flexibility index (Phi) is 6.59. The fourth-order valence-corrected chi connectivity index (χ4v) is 4.12. The SMILES string of the molecule is CC(C)N(C)c1nc(N2CCCCC2)nc2c1CN(C(=O)OCc1ccccc1)CC2. The molecule has 7 nitrogen and oxygen atoms in total. The van der Waals surface area contributed by atoms with E-state index in [1.165, 1.54) is 19.3 Å². The third-order valence-corrected chi connectivity index (χ3v) is 6.24. The molecule has 31 heavy (non-hydrogen) atoms. The zero-order valence-corrected chi connectivity index (χ0v) is 18.9. The van der Waals surface area contributed by atoms with Gasteiger partial charge in [-0.25, -0.2) is 9.78 Å². The first kappa shape index (κ1) is 21.4. The molecule has 0 N–H and O–H groups in total. The van der Waals surface area contributed by atoms with Crippen LogP contribution in [0.5, 0.6) is 0 Å². The first-order valence-electron chi connectivity index (χ1n) is 11.4. The molecule has 0 spiro atoms. The minimum atomic E-state index is -0.284. The highest BCUT2D eigenvalue weighted by Gasteiger charge is 2.29. The highest BCUT2D eigenvalue weighted by atomic mass is 16.6. The highest BCUT2D eigenvalue weighted by Crippen LogP contribution is 2.30. The Morgan fingerprint density at radius 3 is 2.55 bits per heavy atom. The molecule has 3 heterocycles. The average Bonchev–Trinajstić information content (AvgIpc) is 2.82. The molecule has 2 aromatic rings. The third-order valence-electron chi connectivity index (χ3n) is 6.24. The predicted octanol–water partition coefficient (Wildman–Crippen LogP) is 4.01. The second-order valence-corrected chi connectivity index (χ2v) is 8.74. The number of nitrogens with zero attached hydrogens (tertiary/aromatic N) is 5. The van der Waals surface area contributed by atoms with Crippen LogP contribution in [-0.4, -0.2) is 53.7 Å². The third kappa shape index (κ3) is 4.92. The van der Waals surface area contributed by atoms with Gasteiger partial charge in [0.2, 0.25) is 5.95 Å². The molecule has 0 saturated carbocycles. The lowest BCUT2D eigenvalue weighted by molar-refractivity contribution is 0.0916. The Labute approximate surface area is 185 Å². The predicted molar refractivity (Wildman–Crippen MR) is 122 cm³/mol. The van der Waals surface area contributed by atoms with Gasteiger partial charge in [-0.2, -0.15) is 4.98 Å². The van der Waals surface area contributed by atoms with E-state index in [0.29, 0.717) is 19.1 Å². The molecule has 0 radical (unpaired) electrons. The molecule has 166 valence electrons. The molecule has 1 aromatic carbocycles. The standard InChI is InChI=1S/C24H33N5O2/c1-18(2)27(3)22-20-16-29(24(30)31-17-19-10-6-4-7-11-19)15-12-21(20)25-23(26-22)28-13-8-5-9-14-28/h4,6-7,10-11,18H,5,8-9,12-17H2,1-3H3. The average molecular weight is 424 g/mol. The first-order chi connectivity index (χ1) is 15.0. The topological polar surface area (TPSA) is 61.8 Å². The van der Waals surface area contributed by atoms with Gasteiger partial charge in [-0.3, -0.25) is 0 Å². The maximum atomic E-state index is 12.8. The number of carbonyl (C=O) groups excluding carboxylic acids is 1. The summed E-state index contributed by atoms with van der Waals surface area (Å²) in [5, 5.41) is 0.